The Kier molecular flexibility index (Phi) is 6.77. The van der Waals surface area contributed by atoms with E-state index in [1.54, 1.807) is 6.92 Å². The summed E-state index contributed by atoms with van der Waals surface area (Å²) in [5.41, 5.74) is 2.05. The molecule has 0 spiro atoms. The fourth-order valence-corrected chi connectivity index (χ4v) is 1.85. The maximum Gasteiger partial charge on any atom is 0.261 e. The van der Waals surface area contributed by atoms with Gasteiger partial charge in [-0.1, -0.05) is 38.0 Å². The van der Waals surface area contributed by atoms with Gasteiger partial charge in [-0.2, -0.15) is 0 Å². The van der Waals surface area contributed by atoms with Crippen LogP contribution in [0.15, 0.2) is 18.2 Å². The van der Waals surface area contributed by atoms with Gasteiger partial charge in [0, 0.05) is 18.2 Å². The predicted octanol–water partition coefficient (Wildman–Crippen LogP) is 2.01. The molecular formula is C17H24N2O2. The van der Waals surface area contributed by atoms with Crippen LogP contribution in [0.25, 0.3) is 0 Å². The zero-order valence-corrected chi connectivity index (χ0v) is 13.2. The third-order valence-corrected chi connectivity index (χ3v) is 3.02. The Morgan fingerprint density at radius 3 is 2.71 bits per heavy atom. The molecule has 21 heavy (non-hydrogen) atoms. The van der Waals surface area contributed by atoms with Crippen LogP contribution in [0, 0.1) is 19.3 Å². The maximum absolute atomic E-state index is 11.8. The van der Waals surface area contributed by atoms with Crippen molar-refractivity contribution in [3.05, 3.63) is 29.3 Å². The van der Waals surface area contributed by atoms with Gasteiger partial charge < -0.3 is 15.4 Å². The van der Waals surface area contributed by atoms with E-state index in [0.717, 1.165) is 16.9 Å². The summed E-state index contributed by atoms with van der Waals surface area (Å²) < 4.78 is 5.85. The molecule has 1 unspecified atom stereocenters. The van der Waals surface area contributed by atoms with E-state index < -0.39 is 6.10 Å². The van der Waals surface area contributed by atoms with Gasteiger partial charge in [-0.15, -0.1) is 6.42 Å². The Balaban J connectivity index is 2.81. The molecule has 0 saturated heterocycles. The number of rotatable bonds is 7. The molecular weight excluding hydrogens is 264 g/mol. The highest BCUT2D eigenvalue weighted by Gasteiger charge is 2.17. The number of hydrogen-bond acceptors (Lipinski definition) is 3. The van der Waals surface area contributed by atoms with E-state index in [9.17, 15) is 4.79 Å². The molecule has 1 aromatic rings. The van der Waals surface area contributed by atoms with E-state index in [-0.39, 0.29) is 12.5 Å². The SMILES string of the molecule is C#CCNC(=O)C(C)Oc1c(C)cccc1CNC(C)C. The molecule has 0 aromatic heterocycles. The van der Waals surface area contributed by atoms with E-state index in [1.165, 1.54) is 0 Å². The minimum absolute atomic E-state index is 0.209. The largest absolute Gasteiger partial charge is 0.480 e. The highest BCUT2D eigenvalue weighted by molar-refractivity contribution is 5.81. The fourth-order valence-electron chi connectivity index (χ4n) is 1.85. The van der Waals surface area contributed by atoms with Crippen LogP contribution in [-0.4, -0.2) is 24.6 Å². The van der Waals surface area contributed by atoms with Crippen LogP contribution in [0.4, 0.5) is 0 Å². The number of carbonyl (C=O) groups is 1. The molecule has 0 aliphatic rings. The first-order valence-corrected chi connectivity index (χ1v) is 7.15. The lowest BCUT2D eigenvalue weighted by Gasteiger charge is -2.19. The molecule has 0 heterocycles. The second kappa shape index (κ2) is 8.33. The summed E-state index contributed by atoms with van der Waals surface area (Å²) in [6, 6.07) is 6.35. The molecule has 0 radical (unpaired) electrons. The second-order valence-electron chi connectivity index (χ2n) is 5.28. The number of terminal acetylenes is 1. The lowest BCUT2D eigenvalue weighted by molar-refractivity contribution is -0.127. The summed E-state index contributed by atoms with van der Waals surface area (Å²) in [5.74, 6) is 2.92. The van der Waals surface area contributed by atoms with Gasteiger partial charge >= 0.3 is 0 Å². The summed E-state index contributed by atoms with van der Waals surface area (Å²) in [7, 11) is 0. The summed E-state index contributed by atoms with van der Waals surface area (Å²) in [5, 5.41) is 5.98. The predicted molar refractivity (Wildman–Crippen MR) is 85.1 cm³/mol. The third kappa shape index (κ3) is 5.49. The van der Waals surface area contributed by atoms with Crippen LogP contribution in [0.3, 0.4) is 0 Å². The number of carbonyl (C=O) groups excluding carboxylic acids is 1. The van der Waals surface area contributed by atoms with Crippen molar-refractivity contribution in [3.8, 4) is 18.1 Å². The quantitative estimate of drug-likeness (QED) is 0.755. The Morgan fingerprint density at radius 1 is 1.38 bits per heavy atom. The highest BCUT2D eigenvalue weighted by atomic mass is 16.5. The van der Waals surface area contributed by atoms with Crippen molar-refractivity contribution in [3.63, 3.8) is 0 Å². The summed E-state index contributed by atoms with van der Waals surface area (Å²) in [6.07, 6.45) is 4.55. The summed E-state index contributed by atoms with van der Waals surface area (Å²) in [4.78, 5) is 11.8. The van der Waals surface area contributed by atoms with Crippen LogP contribution in [0.5, 0.6) is 5.75 Å². The number of aryl methyl sites for hydroxylation is 1. The van der Waals surface area contributed by atoms with E-state index in [0.29, 0.717) is 12.6 Å². The highest BCUT2D eigenvalue weighted by Crippen LogP contribution is 2.24. The monoisotopic (exact) mass is 288 g/mol. The smallest absolute Gasteiger partial charge is 0.261 e. The minimum atomic E-state index is -0.586. The molecule has 114 valence electrons. The molecule has 1 rings (SSSR count). The van der Waals surface area contributed by atoms with Gasteiger partial charge in [0.15, 0.2) is 6.10 Å². The van der Waals surface area contributed by atoms with Crippen LogP contribution in [0.2, 0.25) is 0 Å². The standard InChI is InChI=1S/C17H24N2O2/c1-6-10-18-17(20)14(5)21-16-13(4)8-7-9-15(16)11-19-12(2)3/h1,7-9,12,14,19H,10-11H2,2-5H3,(H,18,20). The van der Waals surface area contributed by atoms with Gasteiger partial charge in [-0.05, 0) is 19.4 Å². The number of para-hydroxylation sites is 1. The molecule has 0 saturated carbocycles. The van der Waals surface area contributed by atoms with Gasteiger partial charge in [0.05, 0.1) is 6.54 Å². The molecule has 0 fully saturated rings. The Bertz CT molecular complexity index is 518. The summed E-state index contributed by atoms with van der Waals surface area (Å²) in [6.45, 7) is 8.78. The zero-order chi connectivity index (χ0) is 15.8. The van der Waals surface area contributed by atoms with Crippen molar-refractivity contribution in [2.45, 2.75) is 46.4 Å². The molecule has 2 N–H and O–H groups in total. The minimum Gasteiger partial charge on any atom is -0.480 e. The van der Waals surface area contributed by atoms with E-state index in [1.807, 2.05) is 25.1 Å². The van der Waals surface area contributed by atoms with E-state index in [4.69, 9.17) is 11.2 Å². The van der Waals surface area contributed by atoms with Gasteiger partial charge in [-0.3, -0.25) is 4.79 Å². The number of ether oxygens (including phenoxy) is 1. The zero-order valence-electron chi connectivity index (χ0n) is 13.2. The van der Waals surface area contributed by atoms with Crippen molar-refractivity contribution in [1.82, 2.24) is 10.6 Å². The Morgan fingerprint density at radius 2 is 2.10 bits per heavy atom. The van der Waals surface area contributed by atoms with Gasteiger partial charge in [0.1, 0.15) is 5.75 Å². The average molecular weight is 288 g/mol. The van der Waals surface area contributed by atoms with Crippen LogP contribution < -0.4 is 15.4 Å². The molecule has 1 aromatic carbocycles. The van der Waals surface area contributed by atoms with Gasteiger partial charge in [0.25, 0.3) is 5.91 Å². The van der Waals surface area contributed by atoms with Crippen molar-refractivity contribution in [2.75, 3.05) is 6.54 Å². The van der Waals surface area contributed by atoms with Crippen LogP contribution in [0.1, 0.15) is 31.9 Å². The van der Waals surface area contributed by atoms with Gasteiger partial charge in [0.2, 0.25) is 0 Å². The van der Waals surface area contributed by atoms with Crippen LogP contribution >= 0.6 is 0 Å². The van der Waals surface area contributed by atoms with Gasteiger partial charge in [-0.25, -0.2) is 0 Å². The Labute approximate surface area is 127 Å². The lowest BCUT2D eigenvalue weighted by Crippen LogP contribution is -2.36. The second-order valence-corrected chi connectivity index (χ2v) is 5.28. The molecule has 4 heteroatoms. The fraction of sp³-hybridized carbons (Fsp3) is 0.471. The average Bonchev–Trinajstić information content (AvgIpc) is 2.45. The number of benzene rings is 1. The van der Waals surface area contributed by atoms with Crippen molar-refractivity contribution in [2.24, 2.45) is 0 Å². The first-order chi connectivity index (χ1) is 9.95. The van der Waals surface area contributed by atoms with Crippen LogP contribution in [-0.2, 0) is 11.3 Å². The molecule has 4 nitrogen and oxygen atoms in total. The lowest BCUT2D eigenvalue weighted by atomic mass is 10.1. The van der Waals surface area contributed by atoms with Crippen molar-refractivity contribution in [1.29, 1.82) is 0 Å². The maximum atomic E-state index is 11.8. The first kappa shape index (κ1) is 17.1. The molecule has 1 amide bonds. The normalized spacial score (nSPS) is 11.8. The number of nitrogens with one attached hydrogen (secondary N) is 2. The topological polar surface area (TPSA) is 50.4 Å². The molecule has 0 aliphatic heterocycles. The first-order valence-electron chi connectivity index (χ1n) is 7.15. The molecule has 0 bridgehead atoms. The molecule has 1 atom stereocenters. The van der Waals surface area contributed by atoms with Crippen molar-refractivity contribution >= 4 is 5.91 Å². The Hall–Kier alpha value is -1.99. The number of amides is 1. The van der Waals surface area contributed by atoms with E-state index in [2.05, 4.69) is 30.4 Å². The van der Waals surface area contributed by atoms with Crippen molar-refractivity contribution < 1.29 is 9.53 Å². The third-order valence-electron chi connectivity index (χ3n) is 3.02. The number of hydrogen-bond donors (Lipinski definition) is 2. The summed E-state index contributed by atoms with van der Waals surface area (Å²) >= 11 is 0. The molecule has 0 aliphatic carbocycles. The van der Waals surface area contributed by atoms with E-state index >= 15 is 0 Å².